The number of hydrogen-bond donors (Lipinski definition) is 1. The van der Waals surface area contributed by atoms with Gasteiger partial charge < -0.3 is 9.47 Å². The van der Waals surface area contributed by atoms with Crippen molar-refractivity contribution in [1.82, 2.24) is 19.0 Å². The van der Waals surface area contributed by atoms with Crippen LogP contribution in [0, 0.1) is 0 Å². The Bertz CT molecular complexity index is 1130. The van der Waals surface area contributed by atoms with Gasteiger partial charge in [-0.05, 0) is 33.1 Å². The minimum atomic E-state index is -0.429. The van der Waals surface area contributed by atoms with Crippen molar-refractivity contribution in [3.8, 4) is 0 Å². The van der Waals surface area contributed by atoms with Crippen LogP contribution in [0.2, 0.25) is 0 Å². The molecule has 0 radical (unpaired) electrons. The van der Waals surface area contributed by atoms with Gasteiger partial charge in [0.15, 0.2) is 0 Å². The van der Waals surface area contributed by atoms with Gasteiger partial charge in [-0.1, -0.05) is 18.2 Å². The van der Waals surface area contributed by atoms with E-state index >= 15 is 0 Å². The van der Waals surface area contributed by atoms with Crippen LogP contribution in [0.1, 0.15) is 6.42 Å². The van der Waals surface area contributed by atoms with E-state index in [1.54, 1.807) is 0 Å². The van der Waals surface area contributed by atoms with Gasteiger partial charge in [-0.15, -0.1) is 24.8 Å². The van der Waals surface area contributed by atoms with Gasteiger partial charge in [0.05, 0.1) is 10.9 Å². The SMILES string of the molecule is CN(C)CCCN=c1c2ccccc2n(C)c2[nH]c(=O)n(C)c(=O)c12.Cl.Cl. The second-order valence-corrected chi connectivity index (χ2v) is 6.48. The molecule has 1 N–H and O–H groups in total. The van der Waals surface area contributed by atoms with E-state index in [2.05, 4.69) is 9.88 Å². The van der Waals surface area contributed by atoms with E-state index in [4.69, 9.17) is 4.99 Å². The lowest BCUT2D eigenvalue weighted by Crippen LogP contribution is -2.36. The first kappa shape index (κ1) is 23.0. The highest BCUT2D eigenvalue weighted by Gasteiger charge is 2.13. The van der Waals surface area contributed by atoms with Crippen LogP contribution in [0.5, 0.6) is 0 Å². The molecule has 0 bridgehead atoms. The Balaban J connectivity index is 0.00000182. The van der Waals surface area contributed by atoms with Gasteiger partial charge in [-0.25, -0.2) is 4.79 Å². The Morgan fingerprint density at radius 3 is 2.41 bits per heavy atom. The summed E-state index contributed by atoms with van der Waals surface area (Å²) in [6.07, 6.45) is 0.896. The van der Waals surface area contributed by atoms with Gasteiger partial charge in [0, 0.05) is 26.0 Å². The fourth-order valence-corrected chi connectivity index (χ4v) is 3.04. The molecule has 0 unspecified atom stereocenters. The lowest BCUT2D eigenvalue weighted by molar-refractivity contribution is 0.403. The highest BCUT2D eigenvalue weighted by atomic mass is 35.5. The minimum absolute atomic E-state index is 0. The lowest BCUT2D eigenvalue weighted by Gasteiger charge is -2.12. The number of benzene rings is 1. The molecule has 27 heavy (non-hydrogen) atoms. The predicted molar refractivity (Wildman–Crippen MR) is 114 cm³/mol. The van der Waals surface area contributed by atoms with E-state index in [-0.39, 0.29) is 30.4 Å². The number of H-pyrrole nitrogens is 1. The number of halogens is 2. The van der Waals surface area contributed by atoms with Crippen LogP contribution in [0.4, 0.5) is 0 Å². The van der Waals surface area contributed by atoms with Crippen molar-refractivity contribution in [2.45, 2.75) is 6.42 Å². The quantitative estimate of drug-likeness (QED) is 0.518. The molecule has 2 aromatic heterocycles. The number of aryl methyl sites for hydroxylation is 1. The number of aromatic nitrogens is 3. The monoisotopic (exact) mass is 413 g/mol. The Labute approximate surface area is 169 Å². The first-order valence-corrected chi connectivity index (χ1v) is 8.27. The van der Waals surface area contributed by atoms with E-state index in [0.717, 1.165) is 28.4 Å². The molecule has 0 aliphatic rings. The van der Waals surface area contributed by atoms with Crippen molar-refractivity contribution in [2.75, 3.05) is 27.2 Å². The smallest absolute Gasteiger partial charge is 0.329 e. The van der Waals surface area contributed by atoms with Crippen molar-refractivity contribution in [3.63, 3.8) is 0 Å². The average Bonchev–Trinajstić information content (AvgIpc) is 2.59. The number of rotatable bonds is 4. The first-order valence-electron chi connectivity index (χ1n) is 8.27. The van der Waals surface area contributed by atoms with Crippen LogP contribution in [0.15, 0.2) is 38.8 Å². The highest BCUT2D eigenvalue weighted by molar-refractivity contribution is 5.90. The van der Waals surface area contributed by atoms with Crippen molar-refractivity contribution in [1.29, 1.82) is 0 Å². The number of para-hydroxylation sites is 1. The summed E-state index contributed by atoms with van der Waals surface area (Å²) in [6, 6.07) is 7.79. The summed E-state index contributed by atoms with van der Waals surface area (Å²) in [4.78, 5) is 34.5. The average molecular weight is 414 g/mol. The fourth-order valence-electron chi connectivity index (χ4n) is 3.04. The number of hydrogen-bond acceptors (Lipinski definition) is 4. The van der Waals surface area contributed by atoms with Gasteiger partial charge in [-0.3, -0.25) is 19.3 Å². The summed E-state index contributed by atoms with van der Waals surface area (Å²) in [6.45, 7) is 1.54. The zero-order valence-electron chi connectivity index (χ0n) is 15.9. The van der Waals surface area contributed by atoms with Crippen LogP contribution < -0.4 is 16.6 Å². The van der Waals surface area contributed by atoms with E-state index in [1.165, 1.54) is 7.05 Å². The van der Waals surface area contributed by atoms with Crippen LogP contribution in [0.3, 0.4) is 0 Å². The first-order chi connectivity index (χ1) is 11.9. The molecule has 0 aliphatic heterocycles. The minimum Gasteiger partial charge on any atom is -0.330 e. The molecule has 9 heteroatoms. The maximum Gasteiger partial charge on any atom is 0.329 e. The number of aromatic amines is 1. The molecule has 0 fully saturated rings. The summed E-state index contributed by atoms with van der Waals surface area (Å²) in [5.74, 6) is 0. The predicted octanol–water partition coefficient (Wildman–Crippen LogP) is 1.41. The molecule has 0 saturated heterocycles. The zero-order chi connectivity index (χ0) is 18.1. The molecule has 0 amide bonds. The third-order valence-electron chi connectivity index (χ3n) is 4.41. The van der Waals surface area contributed by atoms with E-state index in [0.29, 0.717) is 22.9 Å². The molecule has 3 aromatic rings. The van der Waals surface area contributed by atoms with Gasteiger partial charge in [0.2, 0.25) is 0 Å². The number of fused-ring (bicyclic) bond motifs is 2. The highest BCUT2D eigenvalue weighted by Crippen LogP contribution is 2.13. The summed E-state index contributed by atoms with van der Waals surface area (Å²) in [5, 5.41) is 2.01. The van der Waals surface area contributed by atoms with Gasteiger partial charge >= 0.3 is 5.69 Å². The maximum atomic E-state index is 12.8. The molecule has 3 rings (SSSR count). The second-order valence-electron chi connectivity index (χ2n) is 6.48. The van der Waals surface area contributed by atoms with Crippen molar-refractivity contribution >= 4 is 46.8 Å². The van der Waals surface area contributed by atoms with Crippen molar-refractivity contribution < 1.29 is 0 Å². The fraction of sp³-hybridized carbons (Fsp3) is 0.389. The molecule has 1 aromatic carbocycles. The molecule has 0 atom stereocenters. The molecule has 0 saturated carbocycles. The Kier molecular flexibility index (Phi) is 7.83. The van der Waals surface area contributed by atoms with Crippen LogP contribution >= 0.6 is 24.8 Å². The molecule has 0 aliphatic carbocycles. The van der Waals surface area contributed by atoms with E-state index < -0.39 is 5.69 Å². The molecule has 0 spiro atoms. The summed E-state index contributed by atoms with van der Waals surface area (Å²) < 4.78 is 2.93. The summed E-state index contributed by atoms with van der Waals surface area (Å²) in [7, 11) is 7.36. The maximum absolute atomic E-state index is 12.8. The van der Waals surface area contributed by atoms with Crippen molar-refractivity contribution in [3.05, 3.63) is 50.5 Å². The summed E-state index contributed by atoms with van der Waals surface area (Å²) in [5.41, 5.74) is 0.664. The van der Waals surface area contributed by atoms with E-state index in [1.807, 2.05) is 50.0 Å². The molecular weight excluding hydrogens is 389 g/mol. The number of nitrogens with one attached hydrogen (secondary N) is 1. The topological polar surface area (TPSA) is 75.4 Å². The third-order valence-corrected chi connectivity index (χ3v) is 4.41. The van der Waals surface area contributed by atoms with Crippen LogP contribution in [-0.4, -0.2) is 46.2 Å². The molecular formula is C18H25Cl2N5O2. The second kappa shape index (κ2) is 9.21. The summed E-state index contributed by atoms with van der Waals surface area (Å²) >= 11 is 0. The van der Waals surface area contributed by atoms with E-state index in [9.17, 15) is 9.59 Å². The van der Waals surface area contributed by atoms with Gasteiger partial charge in [0.1, 0.15) is 11.0 Å². The Hall–Kier alpha value is -2.09. The molecule has 7 nitrogen and oxygen atoms in total. The Morgan fingerprint density at radius 1 is 1.07 bits per heavy atom. The molecule has 2 heterocycles. The standard InChI is InChI=1S/C18H23N5O2.2ClH/c1-21(2)11-7-10-19-15-12-8-5-6-9-13(12)22(3)16-14(15)17(24)23(4)18(25)20-16;;/h5-6,8-9H,7,10-11H2,1-4H3,(H,20,25);2*1H. The third kappa shape index (κ3) is 4.26. The number of nitrogens with zero attached hydrogens (tertiary/aromatic N) is 4. The number of pyridine rings is 1. The van der Waals surface area contributed by atoms with Gasteiger partial charge in [0.25, 0.3) is 5.56 Å². The largest absolute Gasteiger partial charge is 0.330 e. The van der Waals surface area contributed by atoms with Crippen LogP contribution in [0.25, 0.3) is 21.9 Å². The van der Waals surface area contributed by atoms with Gasteiger partial charge in [-0.2, -0.15) is 0 Å². The normalized spacial score (nSPS) is 11.7. The lowest BCUT2D eigenvalue weighted by atomic mass is 10.1. The van der Waals surface area contributed by atoms with Crippen LogP contribution in [-0.2, 0) is 14.1 Å². The Morgan fingerprint density at radius 2 is 1.74 bits per heavy atom. The van der Waals surface area contributed by atoms with Crippen molar-refractivity contribution in [2.24, 2.45) is 19.1 Å². The zero-order valence-corrected chi connectivity index (χ0v) is 17.5. The molecule has 148 valence electrons.